The number of rotatable bonds is 11. The minimum Gasteiger partial charge on any atom is -0.452 e. The molecular weight excluding hydrogens is 430 g/mol. The molecule has 1 atom stereocenters. The first-order chi connectivity index (χ1) is 15.9. The Labute approximate surface area is 196 Å². The highest BCUT2D eigenvalue weighted by Crippen LogP contribution is 2.16. The third-order valence-corrected chi connectivity index (χ3v) is 4.38. The molecule has 10 nitrogen and oxygen atoms in total. The SMILES string of the molecule is CCC(=O)OC(C(=O)N1CCCC1)C(C)C.CNC=O.O=COCOCCc1ccccn1. The van der Waals surface area contributed by atoms with E-state index in [4.69, 9.17) is 14.3 Å². The van der Waals surface area contributed by atoms with Crippen LogP contribution in [0.5, 0.6) is 0 Å². The van der Waals surface area contributed by atoms with Crippen LogP contribution in [0.25, 0.3) is 0 Å². The molecule has 0 radical (unpaired) electrons. The van der Waals surface area contributed by atoms with Gasteiger partial charge in [-0.3, -0.25) is 24.2 Å². The summed E-state index contributed by atoms with van der Waals surface area (Å²) in [5, 5.41) is 2.25. The fourth-order valence-electron chi connectivity index (χ4n) is 2.67. The molecule has 1 aliphatic rings. The molecule has 0 bridgehead atoms. The Hall–Kier alpha value is -3.01. The van der Waals surface area contributed by atoms with Gasteiger partial charge >= 0.3 is 5.97 Å². The van der Waals surface area contributed by atoms with E-state index in [-0.39, 0.29) is 24.6 Å². The van der Waals surface area contributed by atoms with E-state index in [1.807, 2.05) is 32.0 Å². The molecule has 10 heteroatoms. The highest BCUT2D eigenvalue weighted by Gasteiger charge is 2.31. The number of hydrogen-bond donors (Lipinski definition) is 1. The Morgan fingerprint density at radius 1 is 1.21 bits per heavy atom. The lowest BCUT2D eigenvalue weighted by molar-refractivity contribution is -0.162. The molecule has 2 amide bonds. The van der Waals surface area contributed by atoms with E-state index in [2.05, 4.69) is 15.0 Å². The summed E-state index contributed by atoms with van der Waals surface area (Å²) in [4.78, 5) is 48.0. The van der Waals surface area contributed by atoms with Crippen LogP contribution in [-0.2, 0) is 39.8 Å². The Kier molecular flexibility index (Phi) is 17.9. The molecule has 33 heavy (non-hydrogen) atoms. The van der Waals surface area contributed by atoms with Gasteiger partial charge in [-0.1, -0.05) is 26.8 Å². The van der Waals surface area contributed by atoms with Crippen LogP contribution in [0.15, 0.2) is 24.4 Å². The molecule has 1 unspecified atom stereocenters. The Balaban J connectivity index is 0.000000542. The van der Waals surface area contributed by atoms with E-state index in [0.717, 1.165) is 38.0 Å². The van der Waals surface area contributed by atoms with Crippen LogP contribution in [0.2, 0.25) is 0 Å². The predicted octanol–water partition coefficient (Wildman–Crippen LogP) is 1.72. The van der Waals surface area contributed by atoms with E-state index >= 15 is 0 Å². The number of carbonyl (C=O) groups is 4. The fourth-order valence-corrected chi connectivity index (χ4v) is 2.67. The molecule has 1 N–H and O–H groups in total. The van der Waals surface area contributed by atoms with Crippen molar-refractivity contribution in [2.24, 2.45) is 5.92 Å². The molecular formula is C23H37N3O7. The molecule has 0 aliphatic carbocycles. The van der Waals surface area contributed by atoms with Crippen molar-refractivity contribution in [3.05, 3.63) is 30.1 Å². The molecule has 0 spiro atoms. The number of ether oxygens (including phenoxy) is 3. The summed E-state index contributed by atoms with van der Waals surface area (Å²) < 4.78 is 14.5. The average Bonchev–Trinajstić information content (AvgIpc) is 3.38. The van der Waals surface area contributed by atoms with Gasteiger partial charge < -0.3 is 24.4 Å². The van der Waals surface area contributed by atoms with Gasteiger partial charge in [-0.2, -0.15) is 0 Å². The van der Waals surface area contributed by atoms with Crippen molar-refractivity contribution in [1.29, 1.82) is 0 Å². The summed E-state index contributed by atoms with van der Waals surface area (Å²) in [6.07, 6.45) is 4.90. The maximum Gasteiger partial charge on any atom is 0.306 e. The van der Waals surface area contributed by atoms with Gasteiger partial charge in [0, 0.05) is 44.9 Å². The van der Waals surface area contributed by atoms with Crippen LogP contribution in [0.1, 0.15) is 45.7 Å². The first kappa shape index (κ1) is 30.0. The van der Waals surface area contributed by atoms with Crippen molar-refractivity contribution >= 4 is 24.8 Å². The van der Waals surface area contributed by atoms with Crippen molar-refractivity contribution in [2.45, 2.75) is 52.6 Å². The number of hydrogen-bond acceptors (Lipinski definition) is 8. The van der Waals surface area contributed by atoms with Gasteiger partial charge in [0.2, 0.25) is 6.41 Å². The third-order valence-electron chi connectivity index (χ3n) is 4.38. The smallest absolute Gasteiger partial charge is 0.306 e. The van der Waals surface area contributed by atoms with Gasteiger partial charge in [0.1, 0.15) is 0 Å². The zero-order chi connectivity index (χ0) is 24.9. The minimum atomic E-state index is -0.606. The second-order valence-electron chi connectivity index (χ2n) is 7.31. The fraction of sp³-hybridized carbons (Fsp3) is 0.609. The van der Waals surface area contributed by atoms with E-state index in [1.54, 1.807) is 25.1 Å². The number of likely N-dealkylation sites (tertiary alicyclic amines) is 1. The highest BCUT2D eigenvalue weighted by molar-refractivity contribution is 5.84. The first-order valence-corrected chi connectivity index (χ1v) is 11.0. The normalized spacial score (nSPS) is 12.9. The number of aromatic nitrogens is 1. The maximum absolute atomic E-state index is 12.1. The van der Waals surface area contributed by atoms with Crippen molar-refractivity contribution in [3.63, 3.8) is 0 Å². The lowest BCUT2D eigenvalue weighted by Gasteiger charge is -2.25. The van der Waals surface area contributed by atoms with E-state index < -0.39 is 6.10 Å². The van der Waals surface area contributed by atoms with Gasteiger partial charge in [0.25, 0.3) is 12.4 Å². The van der Waals surface area contributed by atoms with Crippen molar-refractivity contribution in [3.8, 4) is 0 Å². The molecule has 0 saturated carbocycles. The van der Waals surface area contributed by atoms with Crippen LogP contribution >= 0.6 is 0 Å². The molecule has 186 valence electrons. The number of carbonyl (C=O) groups excluding carboxylic acids is 4. The molecule has 1 aliphatic heterocycles. The molecule has 2 heterocycles. The van der Waals surface area contributed by atoms with Crippen molar-refractivity contribution in [1.82, 2.24) is 15.2 Å². The van der Waals surface area contributed by atoms with Gasteiger partial charge in [0.15, 0.2) is 12.9 Å². The lowest BCUT2D eigenvalue weighted by atomic mass is 10.1. The predicted molar refractivity (Wildman–Crippen MR) is 122 cm³/mol. The summed E-state index contributed by atoms with van der Waals surface area (Å²) >= 11 is 0. The topological polar surface area (TPSA) is 124 Å². The average molecular weight is 468 g/mol. The number of nitrogens with zero attached hydrogens (tertiary/aromatic N) is 2. The number of pyridine rings is 1. The van der Waals surface area contributed by atoms with Crippen LogP contribution in [0, 0.1) is 5.92 Å². The largest absolute Gasteiger partial charge is 0.452 e. The zero-order valence-electron chi connectivity index (χ0n) is 20.0. The van der Waals surface area contributed by atoms with Crippen molar-refractivity contribution < 1.29 is 33.4 Å². The summed E-state index contributed by atoms with van der Waals surface area (Å²) in [5.41, 5.74) is 0.966. The third kappa shape index (κ3) is 14.6. The number of amides is 2. The lowest BCUT2D eigenvalue weighted by Crippen LogP contribution is -2.42. The number of esters is 1. The molecule has 1 aromatic rings. The highest BCUT2D eigenvalue weighted by atomic mass is 16.7. The molecule has 2 rings (SSSR count). The summed E-state index contributed by atoms with van der Waals surface area (Å²) in [7, 11) is 1.56. The van der Waals surface area contributed by atoms with Crippen LogP contribution < -0.4 is 5.32 Å². The Bertz CT molecular complexity index is 665. The molecule has 1 saturated heterocycles. The number of nitrogens with one attached hydrogen (secondary N) is 1. The van der Waals surface area contributed by atoms with Crippen LogP contribution in [0.4, 0.5) is 0 Å². The van der Waals surface area contributed by atoms with Crippen LogP contribution in [-0.4, -0.2) is 74.3 Å². The second kappa shape index (κ2) is 19.7. The first-order valence-electron chi connectivity index (χ1n) is 11.0. The standard InChI is InChI=1S/C12H21NO3.C9H11NO3.C2H5NO/c1-4-10(14)16-11(9(2)3)12(15)13-7-5-6-8-13;11-7-13-8-12-6-4-9-3-1-2-5-10-9;1-3-2-4/h9,11H,4-8H2,1-3H3;1-3,5,7H,4,6,8H2;2H,1H3,(H,3,4). The quantitative estimate of drug-likeness (QED) is 0.226. The summed E-state index contributed by atoms with van der Waals surface area (Å²) in [6, 6.07) is 5.70. The van der Waals surface area contributed by atoms with E-state index in [0.29, 0.717) is 25.9 Å². The van der Waals surface area contributed by atoms with E-state index in [1.165, 1.54) is 0 Å². The zero-order valence-corrected chi connectivity index (χ0v) is 20.0. The van der Waals surface area contributed by atoms with Gasteiger partial charge in [-0.25, -0.2) is 0 Å². The summed E-state index contributed by atoms with van der Waals surface area (Å²) in [6.45, 7) is 8.02. The van der Waals surface area contributed by atoms with Crippen LogP contribution in [0.3, 0.4) is 0 Å². The summed E-state index contributed by atoms with van der Waals surface area (Å²) in [5.74, 6) is -0.302. The molecule has 1 aromatic heterocycles. The second-order valence-corrected chi connectivity index (χ2v) is 7.31. The van der Waals surface area contributed by atoms with Crippen molar-refractivity contribution in [2.75, 3.05) is 33.5 Å². The Morgan fingerprint density at radius 3 is 2.36 bits per heavy atom. The Morgan fingerprint density at radius 2 is 1.88 bits per heavy atom. The minimum absolute atomic E-state index is 0.0103. The maximum atomic E-state index is 12.1. The van der Waals surface area contributed by atoms with E-state index in [9.17, 15) is 14.4 Å². The van der Waals surface area contributed by atoms with Gasteiger partial charge in [-0.05, 0) is 30.9 Å². The monoisotopic (exact) mass is 467 g/mol. The van der Waals surface area contributed by atoms with Gasteiger partial charge in [0.05, 0.1) is 6.61 Å². The van der Waals surface area contributed by atoms with Gasteiger partial charge in [-0.15, -0.1) is 0 Å². The molecule has 1 fully saturated rings. The molecule has 0 aromatic carbocycles.